The molecule has 2 aliphatic rings. The monoisotopic (exact) mass is 649 g/mol. The maximum absolute atomic E-state index is 11.7. The Morgan fingerprint density at radius 3 is 2.82 bits per heavy atom. The van der Waals surface area contributed by atoms with Crippen molar-refractivity contribution in [1.29, 1.82) is 0 Å². The number of hydroxylamine groups is 1. The van der Waals surface area contributed by atoms with Crippen LogP contribution in [0.3, 0.4) is 0 Å². The Kier molecular flexibility index (Phi) is 9.80. The lowest BCUT2D eigenvalue weighted by molar-refractivity contribution is -0.127. The van der Waals surface area contributed by atoms with Crippen molar-refractivity contribution < 1.29 is 14.2 Å². The van der Waals surface area contributed by atoms with Crippen molar-refractivity contribution in [3.05, 3.63) is 54.6 Å². The molecule has 0 aliphatic carbocycles. The molecule has 1 saturated heterocycles. The first-order chi connectivity index (χ1) is 18.7. The van der Waals surface area contributed by atoms with E-state index < -0.39 is 0 Å². The van der Waals surface area contributed by atoms with Gasteiger partial charge in [-0.15, -0.1) is 0 Å². The lowest BCUT2D eigenvalue weighted by Crippen LogP contribution is -2.36. The Labute approximate surface area is 237 Å². The van der Waals surface area contributed by atoms with Crippen LogP contribution in [0.15, 0.2) is 48.9 Å². The summed E-state index contributed by atoms with van der Waals surface area (Å²) in [5.41, 5.74) is 7.60. The zero-order valence-corrected chi connectivity index (χ0v) is 24.4. The van der Waals surface area contributed by atoms with E-state index in [1.165, 1.54) is 11.3 Å². The van der Waals surface area contributed by atoms with E-state index in [0.29, 0.717) is 6.42 Å². The normalized spacial score (nSPS) is 16.8. The Hall–Kier alpha value is -2.31. The molecule has 2 aliphatic heterocycles. The van der Waals surface area contributed by atoms with Crippen molar-refractivity contribution in [2.75, 3.05) is 56.2 Å². The Balaban J connectivity index is 1.22. The third-order valence-corrected chi connectivity index (χ3v) is 7.61. The largest absolute Gasteiger partial charge is 0.378 e. The molecule has 2 N–H and O–H groups in total. The van der Waals surface area contributed by atoms with Gasteiger partial charge in [0.05, 0.1) is 18.9 Å². The first-order valence-corrected chi connectivity index (χ1v) is 17.0. The second-order valence-electron chi connectivity index (χ2n) is 9.36. The Bertz CT molecular complexity index is 1250. The molecule has 2 aromatic heterocycles. The third-order valence-electron chi connectivity index (χ3n) is 6.77. The number of hydrogen-bond acceptors (Lipinski definition) is 8. The molecule has 0 bridgehead atoms. The summed E-state index contributed by atoms with van der Waals surface area (Å²) in [5.74, 6) is 0.687. The van der Waals surface area contributed by atoms with E-state index in [0.717, 1.165) is 88.0 Å². The molecule has 1 aromatic carbocycles. The number of carbonyl (C=O) groups is 1. The smallest absolute Gasteiger partial charge is 0.243 e. The van der Waals surface area contributed by atoms with Gasteiger partial charge in [0.25, 0.3) is 0 Å². The van der Waals surface area contributed by atoms with Gasteiger partial charge in [-0.3, -0.25) is 9.69 Å². The quantitative estimate of drug-likeness (QED) is 0.135. The number of hydrogen-bond donors (Lipinski definition) is 2. The number of rotatable bonds is 11. The minimum Gasteiger partial charge on any atom is -0.378 e. The number of anilines is 3. The summed E-state index contributed by atoms with van der Waals surface area (Å²) in [6.07, 6.45) is 11.4. The van der Waals surface area contributed by atoms with Crippen LogP contribution >= 0.6 is 28.5 Å². The fraction of sp³-hybridized carbons (Fsp3) is 0.423. The summed E-state index contributed by atoms with van der Waals surface area (Å²) in [6, 6.07) is 8.47. The van der Waals surface area contributed by atoms with Crippen molar-refractivity contribution in [2.45, 2.75) is 25.7 Å². The topological polar surface area (TPSA) is 96.3 Å². The van der Waals surface area contributed by atoms with Gasteiger partial charge in [0, 0.05) is 62.6 Å². The molecule has 0 spiro atoms. The van der Waals surface area contributed by atoms with E-state index in [1.807, 2.05) is 10.6 Å². The van der Waals surface area contributed by atoms with E-state index in [1.54, 1.807) is 6.20 Å². The van der Waals surface area contributed by atoms with E-state index >= 15 is 0 Å². The van der Waals surface area contributed by atoms with E-state index in [4.69, 9.17) is 14.3 Å². The highest BCUT2D eigenvalue weighted by atomic mass is 127. The van der Waals surface area contributed by atoms with E-state index in [-0.39, 0.29) is 12.4 Å². The number of fused-ring (bicyclic) bond motifs is 1. The van der Waals surface area contributed by atoms with Crippen molar-refractivity contribution in [3.63, 3.8) is 0 Å². The van der Waals surface area contributed by atoms with Crippen LogP contribution in [0, 0.1) is 0 Å². The number of morpholine rings is 1. The van der Waals surface area contributed by atoms with E-state index in [9.17, 15) is 4.79 Å². The second kappa shape index (κ2) is 13.7. The number of benzene rings is 1. The molecular formula is C26H33IN7O3P. The average molecular weight is 649 g/mol. The van der Waals surface area contributed by atoms with Crippen LogP contribution in [-0.4, -0.2) is 71.1 Å². The molecule has 1 unspecified atom stereocenters. The van der Waals surface area contributed by atoms with Crippen molar-refractivity contribution in [3.8, 4) is 0 Å². The van der Waals surface area contributed by atoms with Gasteiger partial charge in [-0.25, -0.2) is 20.1 Å². The van der Waals surface area contributed by atoms with Crippen LogP contribution in [0.5, 0.6) is 0 Å². The highest BCUT2D eigenvalue weighted by Gasteiger charge is 2.18. The fourth-order valence-corrected chi connectivity index (χ4v) is 5.30. The molecule has 1 amide bonds. The van der Waals surface area contributed by atoms with Crippen LogP contribution in [0.4, 0.5) is 17.2 Å². The molecule has 5 rings (SSSR count). The summed E-state index contributed by atoms with van der Waals surface area (Å²) in [4.78, 5) is 26.1. The van der Waals surface area contributed by atoms with Crippen LogP contribution in [0.2, 0.25) is 0 Å². The standard InChI is InChI=1S/C26H33IN7O3P/c27-38-37-31-24(35)5-1-2-11-32-12-3-4-20(18-32)23-19-34-13-10-28-26(34)25(30-23)29-21-6-8-22(9-7-21)33-14-16-36-17-15-33/h4,6-10,13,19,38H,1-3,5,11-12,14-18H2,(H,29,30)(H,31,35). The van der Waals surface area contributed by atoms with Gasteiger partial charge in [-0.2, -0.15) is 0 Å². The van der Waals surface area contributed by atoms with Crippen molar-refractivity contribution in [1.82, 2.24) is 24.7 Å². The maximum atomic E-state index is 11.7. The van der Waals surface area contributed by atoms with Gasteiger partial charge in [-0.05, 0) is 77.7 Å². The summed E-state index contributed by atoms with van der Waals surface area (Å²) < 4.78 is 12.5. The first-order valence-electron chi connectivity index (χ1n) is 12.9. The summed E-state index contributed by atoms with van der Waals surface area (Å²) in [7, 11) is 0. The lowest BCUT2D eigenvalue weighted by Gasteiger charge is -2.29. The number of unbranched alkanes of at least 4 members (excludes halogenated alkanes) is 1. The predicted molar refractivity (Wildman–Crippen MR) is 160 cm³/mol. The predicted octanol–water partition coefficient (Wildman–Crippen LogP) is 4.56. The van der Waals surface area contributed by atoms with E-state index in [2.05, 4.69) is 84.2 Å². The second-order valence-corrected chi connectivity index (χ2v) is 11.0. The number of aromatic nitrogens is 3. The molecule has 1 fully saturated rings. The Morgan fingerprint density at radius 2 is 2.00 bits per heavy atom. The van der Waals surface area contributed by atoms with Crippen molar-refractivity contribution in [2.24, 2.45) is 0 Å². The minimum atomic E-state index is -0.0537. The Morgan fingerprint density at radius 1 is 1.16 bits per heavy atom. The summed E-state index contributed by atoms with van der Waals surface area (Å²) >= 11 is 2.08. The van der Waals surface area contributed by atoms with Gasteiger partial charge in [0.15, 0.2) is 11.5 Å². The van der Waals surface area contributed by atoms with Gasteiger partial charge < -0.3 is 19.4 Å². The van der Waals surface area contributed by atoms with Crippen LogP contribution in [0.25, 0.3) is 11.2 Å². The number of amides is 1. The summed E-state index contributed by atoms with van der Waals surface area (Å²) in [6.45, 7) is 6.42. The molecule has 10 nitrogen and oxygen atoms in total. The molecule has 0 saturated carbocycles. The minimum absolute atomic E-state index is 0.0537. The summed E-state index contributed by atoms with van der Waals surface area (Å²) in [5, 5.41) is 3.49. The molecule has 3 aromatic rings. The number of nitrogens with one attached hydrogen (secondary N) is 2. The number of halogens is 1. The van der Waals surface area contributed by atoms with Crippen LogP contribution in [-0.2, 0) is 14.2 Å². The fourth-order valence-electron chi connectivity index (χ4n) is 4.81. The third kappa shape index (κ3) is 7.20. The van der Waals surface area contributed by atoms with Gasteiger partial charge in [-0.1, -0.05) is 6.08 Å². The van der Waals surface area contributed by atoms with Gasteiger partial charge >= 0.3 is 0 Å². The molecule has 12 heteroatoms. The molecule has 0 radical (unpaired) electrons. The lowest BCUT2D eigenvalue weighted by atomic mass is 10.1. The SMILES string of the molecule is O=C(CCCCN1CCC=C(c2cn3ccnc3c(Nc3ccc(N4CCOCC4)cc3)n2)C1)NOPI. The number of carbonyl (C=O) groups excluding carboxylic acids is 1. The number of imidazole rings is 1. The number of nitrogens with zero attached hydrogens (tertiary/aromatic N) is 5. The van der Waals surface area contributed by atoms with Crippen molar-refractivity contribution >= 4 is 62.8 Å². The number of ether oxygens (including phenoxy) is 1. The average Bonchev–Trinajstić information content (AvgIpc) is 3.45. The maximum Gasteiger partial charge on any atom is 0.243 e. The van der Waals surface area contributed by atoms with Crippen LogP contribution in [0.1, 0.15) is 31.4 Å². The molecule has 202 valence electrons. The van der Waals surface area contributed by atoms with Gasteiger partial charge in [0.1, 0.15) is 6.45 Å². The highest BCUT2D eigenvalue weighted by Crippen LogP contribution is 2.26. The zero-order valence-electron chi connectivity index (χ0n) is 21.2. The first kappa shape index (κ1) is 27.3. The molecule has 1 atom stereocenters. The van der Waals surface area contributed by atoms with Crippen LogP contribution < -0.4 is 15.7 Å². The molecule has 38 heavy (non-hydrogen) atoms. The highest BCUT2D eigenvalue weighted by molar-refractivity contribution is 14.2. The zero-order chi connectivity index (χ0) is 26.2. The van der Waals surface area contributed by atoms with Gasteiger partial charge in [0.2, 0.25) is 5.91 Å². The molecule has 4 heterocycles. The molecular weight excluding hydrogens is 616 g/mol.